The molecule has 6 heteroatoms. The van der Waals surface area contributed by atoms with Gasteiger partial charge in [-0.1, -0.05) is 24.3 Å². The Labute approximate surface area is 167 Å². The highest BCUT2D eigenvalue weighted by Crippen LogP contribution is 2.47. The van der Waals surface area contributed by atoms with Crippen molar-refractivity contribution < 1.29 is 14.3 Å². The lowest BCUT2D eigenvalue weighted by molar-refractivity contribution is -0.137. The Morgan fingerprint density at radius 1 is 1.11 bits per heavy atom. The van der Waals surface area contributed by atoms with Gasteiger partial charge in [0.1, 0.15) is 5.75 Å². The van der Waals surface area contributed by atoms with E-state index in [0.29, 0.717) is 11.4 Å². The van der Waals surface area contributed by atoms with Crippen molar-refractivity contribution in [3.63, 3.8) is 0 Å². The highest BCUT2D eigenvalue weighted by Gasteiger charge is 2.59. The van der Waals surface area contributed by atoms with E-state index in [1.165, 1.54) is 11.3 Å². The van der Waals surface area contributed by atoms with Gasteiger partial charge in [-0.3, -0.25) is 14.5 Å². The van der Waals surface area contributed by atoms with Crippen LogP contribution in [0.2, 0.25) is 0 Å². The molecule has 2 heterocycles. The number of rotatable bonds is 5. The molecule has 1 aromatic heterocycles. The summed E-state index contributed by atoms with van der Waals surface area (Å²) in [5, 5.41) is 4.96. The zero-order chi connectivity index (χ0) is 19.7. The van der Waals surface area contributed by atoms with Gasteiger partial charge in [0, 0.05) is 16.3 Å². The molecule has 1 aliphatic rings. The molecular weight excluding hydrogens is 372 g/mol. The molecule has 2 aromatic carbocycles. The Balaban J connectivity index is 1.75. The zero-order valence-corrected chi connectivity index (χ0v) is 16.5. The fourth-order valence-corrected chi connectivity index (χ4v) is 4.45. The van der Waals surface area contributed by atoms with Gasteiger partial charge in [0.25, 0.3) is 5.91 Å². The third-order valence-corrected chi connectivity index (χ3v) is 6.09. The van der Waals surface area contributed by atoms with Gasteiger partial charge in [-0.25, -0.2) is 0 Å². The fourth-order valence-electron chi connectivity index (χ4n) is 3.54. The number of anilines is 2. The molecule has 3 aromatic rings. The van der Waals surface area contributed by atoms with Gasteiger partial charge in [0.15, 0.2) is 5.54 Å². The normalized spacial score (nSPS) is 18.5. The Hall–Kier alpha value is -3.12. The van der Waals surface area contributed by atoms with Crippen LogP contribution in [0.15, 0.2) is 66.0 Å². The SMILES string of the molecule is COc1ccc(N2C(=O)C[C@@]2(C(=O)Nc2ccccc2C)c2cccs2)cc1. The number of hydrogen-bond donors (Lipinski definition) is 1. The van der Waals surface area contributed by atoms with Gasteiger partial charge in [-0.2, -0.15) is 0 Å². The van der Waals surface area contributed by atoms with Crippen LogP contribution in [0.1, 0.15) is 16.9 Å². The second-order valence-corrected chi connectivity index (χ2v) is 7.66. The second kappa shape index (κ2) is 7.13. The lowest BCUT2D eigenvalue weighted by Crippen LogP contribution is -2.67. The van der Waals surface area contributed by atoms with E-state index >= 15 is 0 Å². The maximum atomic E-state index is 13.5. The van der Waals surface area contributed by atoms with Crippen molar-refractivity contribution in [2.75, 3.05) is 17.3 Å². The number of carbonyl (C=O) groups is 2. The van der Waals surface area contributed by atoms with Crippen LogP contribution in [0.3, 0.4) is 0 Å². The number of hydrogen-bond acceptors (Lipinski definition) is 4. The summed E-state index contributed by atoms with van der Waals surface area (Å²) >= 11 is 1.48. The first kappa shape index (κ1) is 18.3. The molecule has 5 nitrogen and oxygen atoms in total. The van der Waals surface area contributed by atoms with Crippen molar-refractivity contribution >= 4 is 34.5 Å². The van der Waals surface area contributed by atoms with Crippen molar-refractivity contribution in [3.05, 3.63) is 76.5 Å². The molecule has 1 N–H and O–H groups in total. The second-order valence-electron chi connectivity index (χ2n) is 6.71. The number of nitrogens with zero attached hydrogens (tertiary/aromatic N) is 1. The minimum Gasteiger partial charge on any atom is -0.497 e. The van der Waals surface area contributed by atoms with Crippen LogP contribution in [0.5, 0.6) is 5.75 Å². The van der Waals surface area contributed by atoms with Gasteiger partial charge < -0.3 is 10.1 Å². The number of methoxy groups -OCH3 is 1. The molecule has 0 aliphatic carbocycles. The maximum Gasteiger partial charge on any atom is 0.256 e. The number of carbonyl (C=O) groups excluding carboxylic acids is 2. The van der Waals surface area contributed by atoms with E-state index in [9.17, 15) is 9.59 Å². The third kappa shape index (κ3) is 2.86. The highest BCUT2D eigenvalue weighted by atomic mass is 32.1. The number of benzene rings is 2. The highest BCUT2D eigenvalue weighted by molar-refractivity contribution is 7.10. The molecule has 1 saturated heterocycles. The van der Waals surface area contributed by atoms with Crippen molar-refractivity contribution in [2.24, 2.45) is 0 Å². The van der Waals surface area contributed by atoms with Gasteiger partial charge >= 0.3 is 0 Å². The summed E-state index contributed by atoms with van der Waals surface area (Å²) in [5.74, 6) is 0.404. The van der Waals surface area contributed by atoms with E-state index in [1.54, 1.807) is 36.3 Å². The Morgan fingerprint density at radius 3 is 2.46 bits per heavy atom. The number of ether oxygens (including phenoxy) is 1. The van der Waals surface area contributed by atoms with Crippen molar-refractivity contribution in [3.8, 4) is 5.75 Å². The minimum absolute atomic E-state index is 0.0847. The number of aryl methyl sites for hydroxylation is 1. The zero-order valence-electron chi connectivity index (χ0n) is 15.6. The predicted molar refractivity (Wildman–Crippen MR) is 111 cm³/mol. The first-order valence-electron chi connectivity index (χ1n) is 8.94. The van der Waals surface area contributed by atoms with Crippen LogP contribution in [-0.4, -0.2) is 18.9 Å². The molecular formula is C22H20N2O3S. The largest absolute Gasteiger partial charge is 0.497 e. The van der Waals surface area contributed by atoms with Crippen molar-refractivity contribution in [1.82, 2.24) is 0 Å². The number of β-lactam (4-membered cyclic amide) rings is 1. The van der Waals surface area contributed by atoms with Crippen LogP contribution in [0, 0.1) is 6.92 Å². The van der Waals surface area contributed by atoms with E-state index < -0.39 is 5.54 Å². The molecule has 28 heavy (non-hydrogen) atoms. The smallest absolute Gasteiger partial charge is 0.256 e. The Morgan fingerprint density at radius 2 is 1.86 bits per heavy atom. The Kier molecular flexibility index (Phi) is 4.65. The van der Waals surface area contributed by atoms with Gasteiger partial charge in [0.05, 0.1) is 13.5 Å². The molecule has 1 fully saturated rings. The van der Waals surface area contributed by atoms with Crippen LogP contribution in [-0.2, 0) is 15.1 Å². The average molecular weight is 392 g/mol. The third-order valence-electron chi connectivity index (χ3n) is 5.07. The number of thiophene rings is 1. The lowest BCUT2D eigenvalue weighted by Gasteiger charge is -2.50. The molecule has 0 saturated carbocycles. The molecule has 1 atom stereocenters. The summed E-state index contributed by atoms with van der Waals surface area (Å²) in [6, 6.07) is 18.6. The maximum absolute atomic E-state index is 13.5. The summed E-state index contributed by atoms with van der Waals surface area (Å²) in [6.45, 7) is 1.95. The van der Waals surface area contributed by atoms with Crippen LogP contribution in [0.25, 0.3) is 0 Å². The first-order valence-corrected chi connectivity index (χ1v) is 9.82. The van der Waals surface area contributed by atoms with Crippen molar-refractivity contribution in [2.45, 2.75) is 18.9 Å². The lowest BCUT2D eigenvalue weighted by atomic mass is 9.80. The summed E-state index contributed by atoms with van der Waals surface area (Å²) in [4.78, 5) is 28.6. The molecule has 0 spiro atoms. The Bertz CT molecular complexity index is 1010. The molecule has 0 radical (unpaired) electrons. The first-order chi connectivity index (χ1) is 13.6. The molecule has 142 valence electrons. The molecule has 4 rings (SSSR count). The number of para-hydroxylation sites is 1. The van der Waals surface area contributed by atoms with Gasteiger partial charge in [0.2, 0.25) is 5.91 Å². The summed E-state index contributed by atoms with van der Waals surface area (Å²) in [6.07, 6.45) is 0.136. The standard InChI is InChI=1S/C22H20N2O3S/c1-15-6-3-4-7-18(15)23-21(26)22(19-8-5-13-28-19)14-20(25)24(22)16-9-11-17(27-2)12-10-16/h3-13H,14H2,1-2H3,(H,23,26)/t22-/m0/s1. The van der Waals surface area contributed by atoms with E-state index in [2.05, 4.69) is 5.32 Å². The van der Waals surface area contributed by atoms with Gasteiger partial charge in [-0.15, -0.1) is 11.3 Å². The summed E-state index contributed by atoms with van der Waals surface area (Å²) in [5.41, 5.74) is 1.34. The fraction of sp³-hybridized carbons (Fsp3) is 0.182. The average Bonchev–Trinajstić information content (AvgIpc) is 3.23. The van der Waals surface area contributed by atoms with Crippen LogP contribution >= 0.6 is 11.3 Å². The summed E-state index contributed by atoms with van der Waals surface area (Å²) < 4.78 is 5.21. The van der Waals surface area contributed by atoms with Crippen molar-refractivity contribution in [1.29, 1.82) is 0 Å². The van der Waals surface area contributed by atoms with E-state index in [-0.39, 0.29) is 18.2 Å². The quantitative estimate of drug-likeness (QED) is 0.657. The topological polar surface area (TPSA) is 58.6 Å². The van der Waals surface area contributed by atoms with E-state index in [4.69, 9.17) is 4.74 Å². The van der Waals surface area contributed by atoms with Gasteiger partial charge in [-0.05, 0) is 54.3 Å². The van der Waals surface area contributed by atoms with Crippen LogP contribution in [0.4, 0.5) is 11.4 Å². The van der Waals surface area contributed by atoms with E-state index in [0.717, 1.165) is 16.1 Å². The van der Waals surface area contributed by atoms with E-state index in [1.807, 2.05) is 48.7 Å². The molecule has 2 amide bonds. The molecule has 1 aliphatic heterocycles. The molecule has 0 bridgehead atoms. The monoisotopic (exact) mass is 392 g/mol. The number of nitrogens with one attached hydrogen (secondary N) is 1. The predicted octanol–water partition coefficient (Wildman–Crippen LogP) is 4.34. The van der Waals surface area contributed by atoms with Crippen LogP contribution < -0.4 is 15.0 Å². The minimum atomic E-state index is -1.05. The molecule has 0 unspecified atom stereocenters. The number of amides is 2. The summed E-state index contributed by atoms with van der Waals surface area (Å²) in [7, 11) is 1.59.